The van der Waals surface area contributed by atoms with E-state index in [4.69, 9.17) is 51.7 Å². The average Bonchev–Trinajstić information content (AvgIpc) is 2.20. The molecule has 0 aliphatic carbocycles. The molecule has 0 spiro atoms. The minimum absolute atomic E-state index is 0.222. The largest absolute Gasteiger partial charge is 0.573 e. The SMILES string of the molecule is COC(=O)c1cc(N)ccn1.[2H]C([2H])([2H])Oc1c(Oc2cc(Cl)c(C(F)F)c(F)c2C(=O)Nc2ccnc(C(=O)OC)c2)ccc(OC(F)(F)F)c1F.[2H]C([2H])([2H])Oc1c(Oc2cc(Cl)c(C(F)F)c(F)c2C(=O)O)ccc(OC(F)(F)F)c1F. The van der Waals surface area contributed by atoms with Crippen molar-refractivity contribution in [1.82, 2.24) is 9.97 Å². The molecule has 4 aromatic carbocycles. The van der Waals surface area contributed by atoms with Gasteiger partial charge in [0, 0.05) is 35.9 Å². The number of nitrogens with one attached hydrogen (secondary N) is 1. The Hall–Kier alpha value is -8.74. The lowest BCUT2D eigenvalue weighted by atomic mass is 10.1. The highest BCUT2D eigenvalue weighted by molar-refractivity contribution is 6.32. The summed E-state index contributed by atoms with van der Waals surface area (Å²) in [4.78, 5) is 54.4. The fourth-order valence-corrected chi connectivity index (χ4v) is 6.34. The summed E-state index contributed by atoms with van der Waals surface area (Å²) in [5, 5.41) is 9.25. The van der Waals surface area contributed by atoms with Gasteiger partial charge in [0.1, 0.15) is 39.8 Å². The number of methoxy groups -OCH3 is 4. The number of nitrogens with two attached hydrogens (primary N) is 1. The van der Waals surface area contributed by atoms with E-state index in [-0.39, 0.29) is 17.1 Å². The van der Waals surface area contributed by atoms with Crippen molar-refractivity contribution in [3.63, 3.8) is 0 Å². The zero-order valence-corrected chi connectivity index (χ0v) is 40.0. The molecule has 0 aliphatic heterocycles. The Labute approximate surface area is 450 Å². The Kier molecular flexibility index (Phi) is 18.0. The number of carbonyl (C=O) groups is 4. The van der Waals surface area contributed by atoms with Crippen LogP contribution in [-0.4, -0.2) is 79.9 Å². The van der Waals surface area contributed by atoms with E-state index in [9.17, 15) is 76.3 Å². The highest BCUT2D eigenvalue weighted by atomic mass is 35.5. The van der Waals surface area contributed by atoms with Gasteiger partial charge in [0.15, 0.2) is 28.8 Å². The topological polar surface area (TPSA) is 226 Å². The van der Waals surface area contributed by atoms with Gasteiger partial charge in [0.05, 0.1) is 57.7 Å². The summed E-state index contributed by atoms with van der Waals surface area (Å²) in [5.74, 6) is -23.4. The number of pyridine rings is 2. The van der Waals surface area contributed by atoms with E-state index in [0.29, 0.717) is 42.1 Å². The summed E-state index contributed by atoms with van der Waals surface area (Å²) in [7, 11) is -4.61. The van der Waals surface area contributed by atoms with Crippen LogP contribution in [0, 0.1) is 23.3 Å². The number of amides is 1. The molecule has 1 amide bonds. The van der Waals surface area contributed by atoms with E-state index in [0.717, 1.165) is 25.4 Å². The van der Waals surface area contributed by atoms with Gasteiger partial charge in [-0.05, 0) is 48.5 Å². The summed E-state index contributed by atoms with van der Waals surface area (Å²) in [6, 6.07) is 7.69. The number of carboxylic acids is 1. The van der Waals surface area contributed by atoms with E-state index in [1.54, 1.807) is 6.07 Å². The van der Waals surface area contributed by atoms with Crippen molar-refractivity contribution >= 4 is 58.4 Å². The number of hydrogen-bond acceptors (Lipinski definition) is 15. The molecule has 0 saturated heterocycles. The Bertz CT molecular complexity index is 3480. The molecular weight excluding hydrogens is 1150 g/mol. The molecule has 0 fully saturated rings. The molecular formula is C46H30Cl2F14N4O13. The highest BCUT2D eigenvalue weighted by Crippen LogP contribution is 2.46. The number of rotatable bonds is 15. The van der Waals surface area contributed by atoms with Crippen LogP contribution in [-0.2, 0) is 9.47 Å². The van der Waals surface area contributed by atoms with E-state index >= 15 is 4.39 Å². The lowest BCUT2D eigenvalue weighted by Crippen LogP contribution is -2.18. The van der Waals surface area contributed by atoms with E-state index in [1.165, 1.54) is 19.4 Å². The van der Waals surface area contributed by atoms with Crippen molar-refractivity contribution in [2.24, 2.45) is 0 Å². The van der Waals surface area contributed by atoms with Crippen LogP contribution in [0.15, 0.2) is 73.1 Å². The molecule has 33 heteroatoms. The predicted octanol–water partition coefficient (Wildman–Crippen LogP) is 13.1. The van der Waals surface area contributed by atoms with Gasteiger partial charge in [-0.1, -0.05) is 23.2 Å². The first-order valence-electron chi connectivity index (χ1n) is 23.1. The maximum Gasteiger partial charge on any atom is 0.573 e. The molecule has 4 N–H and O–H groups in total. The predicted molar refractivity (Wildman–Crippen MR) is 243 cm³/mol. The minimum Gasteiger partial charge on any atom is -0.490 e. The molecule has 79 heavy (non-hydrogen) atoms. The third-order valence-electron chi connectivity index (χ3n) is 9.05. The number of esters is 2. The smallest absolute Gasteiger partial charge is 0.490 e. The van der Waals surface area contributed by atoms with Crippen molar-refractivity contribution in [3.05, 3.63) is 140 Å². The standard InChI is InChI=1S/C23H14ClF7N2O6.C16H8ClF7O5.C7H8N2O2/c1-36-19-13(4-3-12(17(19)25)39-23(29,30)31)38-14-8-10(24)15(20(27)28)18(26)16(14)21(34)33-9-5-6-32-11(7-9)22(35)37-2;1-27-13-7(3-2-6(11(13)18)29-16(22,23)24)28-8-4-5(17)9(14(20)21)12(19)10(8)15(25)26;1-11-7(10)6-4-5(8)2-3-9-6/h3-8,20H,1-2H3,(H,32,33,34);2-4,14H,1H3,(H,25,26);2-4H,1H3,(H2,8,9)/i2*1D3;. The summed E-state index contributed by atoms with van der Waals surface area (Å²) < 4.78 is 265. The summed E-state index contributed by atoms with van der Waals surface area (Å²) in [5.41, 5.74) is -0.148. The minimum atomic E-state index is -5.42. The van der Waals surface area contributed by atoms with Gasteiger partial charge >= 0.3 is 30.6 Å². The maximum absolute atomic E-state index is 15.3. The summed E-state index contributed by atoms with van der Waals surface area (Å²) >= 11 is 11.3. The molecule has 17 nitrogen and oxygen atoms in total. The van der Waals surface area contributed by atoms with Crippen molar-refractivity contribution < 1.29 is 132 Å². The maximum atomic E-state index is 15.3. The molecule has 424 valence electrons. The number of anilines is 2. The normalized spacial score (nSPS) is 12.5. The van der Waals surface area contributed by atoms with E-state index < -0.39 is 165 Å². The third-order valence-corrected chi connectivity index (χ3v) is 9.68. The fourth-order valence-electron chi connectivity index (χ4n) is 5.81. The molecule has 0 radical (unpaired) electrons. The quantitative estimate of drug-likeness (QED) is 0.0642. The van der Waals surface area contributed by atoms with Crippen LogP contribution in [0.2, 0.25) is 10.0 Å². The first-order chi connectivity index (χ1) is 39.2. The van der Waals surface area contributed by atoms with Gasteiger partial charge in [-0.3, -0.25) is 4.79 Å². The van der Waals surface area contributed by atoms with Crippen molar-refractivity contribution in [2.75, 3.05) is 39.3 Å². The van der Waals surface area contributed by atoms with Crippen LogP contribution in [0.5, 0.6) is 46.0 Å². The van der Waals surface area contributed by atoms with E-state index in [2.05, 4.69) is 43.7 Å². The number of halogens is 16. The second-order valence-corrected chi connectivity index (χ2v) is 14.9. The lowest BCUT2D eigenvalue weighted by Gasteiger charge is -2.18. The summed E-state index contributed by atoms with van der Waals surface area (Å²) in [6.07, 6.45) is -15.4. The van der Waals surface area contributed by atoms with Crippen LogP contribution >= 0.6 is 23.2 Å². The number of aromatic nitrogens is 2. The van der Waals surface area contributed by atoms with Gasteiger partial charge in [-0.2, -0.15) is 8.78 Å². The first kappa shape index (κ1) is 53.6. The average molecular weight is 1190 g/mol. The van der Waals surface area contributed by atoms with Gasteiger partial charge in [-0.15, -0.1) is 26.3 Å². The molecule has 6 rings (SSSR count). The molecule has 2 heterocycles. The Balaban J connectivity index is 0.000000316. The van der Waals surface area contributed by atoms with Crippen LogP contribution in [0.3, 0.4) is 0 Å². The number of alkyl halides is 10. The number of carboxylic acid groups (broad SMARTS) is 1. The van der Waals surface area contributed by atoms with Crippen molar-refractivity contribution in [3.8, 4) is 46.0 Å². The van der Waals surface area contributed by atoms with Crippen LogP contribution in [0.25, 0.3) is 0 Å². The van der Waals surface area contributed by atoms with Gasteiger partial charge in [0.25, 0.3) is 18.8 Å². The Morgan fingerprint density at radius 3 is 1.41 bits per heavy atom. The number of ether oxygens (including phenoxy) is 8. The zero-order chi connectivity index (χ0) is 64.4. The molecule has 0 atom stereocenters. The zero-order valence-electron chi connectivity index (χ0n) is 44.4. The van der Waals surface area contributed by atoms with Crippen LogP contribution in [0.4, 0.5) is 72.8 Å². The Morgan fingerprint density at radius 1 is 0.608 bits per heavy atom. The van der Waals surface area contributed by atoms with Gasteiger partial charge in [-0.25, -0.2) is 50.7 Å². The number of hydrogen-bond donors (Lipinski definition) is 3. The summed E-state index contributed by atoms with van der Waals surface area (Å²) in [6.45, 7) is 0. The molecule has 2 aromatic heterocycles. The van der Waals surface area contributed by atoms with E-state index in [1.807, 2.05) is 0 Å². The second kappa shape index (κ2) is 26.5. The number of benzene rings is 4. The van der Waals surface area contributed by atoms with Gasteiger partial charge in [0.2, 0.25) is 23.1 Å². The molecule has 0 unspecified atom stereocenters. The third kappa shape index (κ3) is 16.2. The molecule has 6 aromatic rings. The number of aromatic carboxylic acids is 1. The second-order valence-electron chi connectivity index (χ2n) is 14.1. The van der Waals surface area contributed by atoms with Crippen molar-refractivity contribution in [2.45, 2.75) is 25.6 Å². The molecule has 0 saturated carbocycles. The van der Waals surface area contributed by atoms with Crippen LogP contribution < -0.4 is 39.5 Å². The van der Waals surface area contributed by atoms with Gasteiger partial charge < -0.3 is 54.1 Å². The number of carbonyl (C=O) groups excluding carboxylic acids is 3. The highest BCUT2D eigenvalue weighted by Gasteiger charge is 2.36. The lowest BCUT2D eigenvalue weighted by molar-refractivity contribution is -0.276. The fraction of sp³-hybridized carbons (Fsp3) is 0.174. The number of nitrogens with zero attached hydrogens (tertiary/aromatic N) is 2. The van der Waals surface area contributed by atoms with Crippen molar-refractivity contribution in [1.29, 1.82) is 0 Å². The molecule has 0 aliphatic rings. The number of nitrogen functional groups attached to an aromatic ring is 1. The van der Waals surface area contributed by atoms with Crippen LogP contribution in [0.1, 0.15) is 73.9 Å². The molecule has 0 bridgehead atoms. The Morgan fingerprint density at radius 2 is 1.01 bits per heavy atom. The monoisotopic (exact) mass is 1190 g/mol. The first-order valence-corrected chi connectivity index (χ1v) is 20.8.